The summed E-state index contributed by atoms with van der Waals surface area (Å²) in [7, 11) is -2.09. The number of methoxy groups -OCH3 is 1. The third kappa shape index (κ3) is 5.50. The molecular weight excluding hydrogens is 344 g/mol. The molecule has 1 heterocycles. The Labute approximate surface area is 149 Å². The Kier molecular flexibility index (Phi) is 7.37. The van der Waals surface area contributed by atoms with Gasteiger partial charge in [0.25, 0.3) is 5.91 Å². The van der Waals surface area contributed by atoms with Crippen molar-refractivity contribution in [2.24, 2.45) is 0 Å². The van der Waals surface area contributed by atoms with Crippen molar-refractivity contribution >= 4 is 15.9 Å². The molecule has 1 saturated heterocycles. The Bertz CT molecular complexity index is 658. The van der Waals surface area contributed by atoms with Crippen molar-refractivity contribution in [3.8, 4) is 0 Å². The average Bonchev–Trinajstić information content (AvgIpc) is 2.62. The summed E-state index contributed by atoms with van der Waals surface area (Å²) in [6.07, 6.45) is 1.95. The highest BCUT2D eigenvalue weighted by atomic mass is 32.2. The van der Waals surface area contributed by atoms with Crippen LogP contribution in [0.5, 0.6) is 0 Å². The monoisotopic (exact) mass is 370 g/mol. The van der Waals surface area contributed by atoms with Gasteiger partial charge in [0.2, 0.25) is 10.0 Å². The van der Waals surface area contributed by atoms with Crippen LogP contribution < -0.4 is 4.72 Å². The number of benzene rings is 1. The molecule has 140 valence electrons. The number of amides is 1. The lowest BCUT2D eigenvalue weighted by molar-refractivity contribution is 0.00724. The van der Waals surface area contributed by atoms with E-state index in [-0.39, 0.29) is 23.5 Å². The Morgan fingerprint density at radius 3 is 2.68 bits per heavy atom. The maximum Gasteiger partial charge on any atom is 0.253 e. The predicted molar refractivity (Wildman–Crippen MR) is 94.1 cm³/mol. The number of piperidine rings is 1. The molecule has 1 aromatic carbocycles. The largest absolute Gasteiger partial charge is 0.383 e. The Balaban J connectivity index is 2.02. The fraction of sp³-hybridized carbons (Fsp3) is 0.588. The van der Waals surface area contributed by atoms with E-state index in [2.05, 4.69) is 4.72 Å². The molecule has 0 aromatic heterocycles. The van der Waals surface area contributed by atoms with E-state index >= 15 is 0 Å². The van der Waals surface area contributed by atoms with Crippen molar-refractivity contribution in [3.05, 3.63) is 29.8 Å². The van der Waals surface area contributed by atoms with Crippen molar-refractivity contribution in [3.63, 3.8) is 0 Å². The van der Waals surface area contributed by atoms with Gasteiger partial charge >= 0.3 is 0 Å². The van der Waals surface area contributed by atoms with E-state index in [1.165, 1.54) is 19.2 Å². The third-order valence-electron chi connectivity index (χ3n) is 4.08. The van der Waals surface area contributed by atoms with Crippen LogP contribution in [0.2, 0.25) is 0 Å². The van der Waals surface area contributed by atoms with E-state index in [1.54, 1.807) is 17.0 Å². The van der Waals surface area contributed by atoms with E-state index in [0.29, 0.717) is 31.9 Å². The molecule has 1 fully saturated rings. The summed E-state index contributed by atoms with van der Waals surface area (Å²) in [6, 6.07) is 6.01. The zero-order chi connectivity index (χ0) is 18.3. The van der Waals surface area contributed by atoms with Gasteiger partial charge in [-0.3, -0.25) is 4.79 Å². The molecule has 1 unspecified atom stereocenters. The predicted octanol–water partition coefficient (Wildman–Crippen LogP) is 1.25. The molecule has 8 heteroatoms. The lowest BCUT2D eigenvalue weighted by atomic mass is 10.1. The zero-order valence-corrected chi connectivity index (χ0v) is 15.5. The van der Waals surface area contributed by atoms with E-state index in [1.807, 2.05) is 6.92 Å². The van der Waals surface area contributed by atoms with Gasteiger partial charge in [-0.15, -0.1) is 0 Å². The van der Waals surface area contributed by atoms with Gasteiger partial charge in [-0.05, 0) is 44.0 Å². The molecule has 0 bridgehead atoms. The topological polar surface area (TPSA) is 84.9 Å². The van der Waals surface area contributed by atoms with Crippen LogP contribution >= 0.6 is 0 Å². The second kappa shape index (κ2) is 9.28. The van der Waals surface area contributed by atoms with Crippen molar-refractivity contribution in [2.45, 2.75) is 30.8 Å². The number of rotatable bonds is 8. The zero-order valence-electron chi connectivity index (χ0n) is 14.7. The number of likely N-dealkylation sites (tertiary alicyclic amines) is 1. The van der Waals surface area contributed by atoms with Crippen LogP contribution in [0.1, 0.15) is 30.1 Å². The van der Waals surface area contributed by atoms with E-state index in [9.17, 15) is 13.2 Å². The van der Waals surface area contributed by atoms with Crippen LogP contribution in [0.3, 0.4) is 0 Å². The van der Waals surface area contributed by atoms with Crippen LogP contribution in [-0.4, -0.2) is 65.3 Å². The first-order valence-corrected chi connectivity index (χ1v) is 9.95. The van der Waals surface area contributed by atoms with Gasteiger partial charge in [0.1, 0.15) is 0 Å². The van der Waals surface area contributed by atoms with E-state index < -0.39 is 10.0 Å². The molecule has 1 aliphatic rings. The second-order valence-electron chi connectivity index (χ2n) is 5.89. The van der Waals surface area contributed by atoms with Gasteiger partial charge in [-0.25, -0.2) is 13.1 Å². The minimum atomic E-state index is -3.59. The molecule has 0 radical (unpaired) electrons. The molecule has 1 atom stereocenters. The summed E-state index contributed by atoms with van der Waals surface area (Å²) < 4.78 is 37.1. The van der Waals surface area contributed by atoms with Gasteiger partial charge in [0.05, 0.1) is 17.6 Å². The van der Waals surface area contributed by atoms with Crippen LogP contribution in [0, 0.1) is 0 Å². The number of sulfonamides is 1. The van der Waals surface area contributed by atoms with Gasteiger partial charge in [-0.1, -0.05) is 0 Å². The molecule has 1 amide bonds. The van der Waals surface area contributed by atoms with Gasteiger partial charge in [-0.2, -0.15) is 0 Å². The maximum atomic E-state index is 12.6. The number of hydrogen-bond donors (Lipinski definition) is 1. The lowest BCUT2D eigenvalue weighted by Crippen LogP contribution is -2.43. The Morgan fingerprint density at radius 1 is 1.32 bits per heavy atom. The molecule has 1 aliphatic heterocycles. The van der Waals surface area contributed by atoms with Crippen molar-refractivity contribution in [1.82, 2.24) is 9.62 Å². The van der Waals surface area contributed by atoms with Crippen molar-refractivity contribution < 1.29 is 22.7 Å². The summed E-state index contributed by atoms with van der Waals surface area (Å²) in [6.45, 7) is 4.35. The number of hydrogen-bond acceptors (Lipinski definition) is 5. The quantitative estimate of drug-likeness (QED) is 0.696. The van der Waals surface area contributed by atoms with Crippen LogP contribution in [-0.2, 0) is 19.5 Å². The molecule has 1 aromatic rings. The van der Waals surface area contributed by atoms with Crippen molar-refractivity contribution in [2.75, 3.05) is 40.0 Å². The summed E-state index contributed by atoms with van der Waals surface area (Å²) in [5, 5.41) is 0. The number of carbonyl (C=O) groups excluding carboxylic acids is 1. The fourth-order valence-corrected chi connectivity index (χ4v) is 3.83. The first-order chi connectivity index (χ1) is 12.0. The smallest absolute Gasteiger partial charge is 0.253 e. The number of nitrogens with zero attached hydrogens (tertiary/aromatic N) is 1. The molecule has 0 spiro atoms. The summed E-state index contributed by atoms with van der Waals surface area (Å²) in [4.78, 5) is 14.5. The van der Waals surface area contributed by atoms with Crippen LogP contribution in [0.25, 0.3) is 0 Å². The standard InChI is InChI=1S/C17H26N2O5S/c1-3-24-15-5-4-11-19(13-15)17(20)14-6-8-16(9-7-14)25(21,22)18-10-12-23-2/h6-9,15,18H,3-5,10-13H2,1-2H3. The van der Waals surface area contributed by atoms with Gasteiger partial charge in [0, 0.05) is 38.9 Å². The fourth-order valence-electron chi connectivity index (χ4n) is 2.82. The Morgan fingerprint density at radius 2 is 2.04 bits per heavy atom. The number of nitrogens with one attached hydrogen (secondary N) is 1. The molecule has 2 rings (SSSR count). The summed E-state index contributed by atoms with van der Waals surface area (Å²) in [5.74, 6) is -0.0966. The molecule has 25 heavy (non-hydrogen) atoms. The maximum absolute atomic E-state index is 12.6. The molecule has 7 nitrogen and oxygen atoms in total. The van der Waals surface area contributed by atoms with Gasteiger partial charge < -0.3 is 14.4 Å². The minimum Gasteiger partial charge on any atom is -0.383 e. The molecule has 0 saturated carbocycles. The van der Waals surface area contributed by atoms with E-state index in [0.717, 1.165) is 12.8 Å². The minimum absolute atomic E-state index is 0.0762. The highest BCUT2D eigenvalue weighted by Crippen LogP contribution is 2.17. The highest BCUT2D eigenvalue weighted by molar-refractivity contribution is 7.89. The third-order valence-corrected chi connectivity index (χ3v) is 5.55. The van der Waals surface area contributed by atoms with Crippen molar-refractivity contribution in [1.29, 1.82) is 0 Å². The number of carbonyl (C=O) groups is 1. The Hall–Kier alpha value is -1.48. The first-order valence-electron chi connectivity index (χ1n) is 8.47. The van der Waals surface area contributed by atoms with E-state index in [4.69, 9.17) is 9.47 Å². The molecular formula is C17H26N2O5S. The SMILES string of the molecule is CCOC1CCCN(C(=O)c2ccc(S(=O)(=O)NCCOC)cc2)C1. The summed E-state index contributed by atoms with van der Waals surface area (Å²) >= 11 is 0. The van der Waals surface area contributed by atoms with Crippen LogP contribution in [0.4, 0.5) is 0 Å². The van der Waals surface area contributed by atoms with Crippen LogP contribution in [0.15, 0.2) is 29.2 Å². The van der Waals surface area contributed by atoms with Gasteiger partial charge in [0.15, 0.2) is 0 Å². The lowest BCUT2D eigenvalue weighted by Gasteiger charge is -2.32. The summed E-state index contributed by atoms with van der Waals surface area (Å²) in [5.41, 5.74) is 0.480. The highest BCUT2D eigenvalue weighted by Gasteiger charge is 2.25. The average molecular weight is 370 g/mol. The second-order valence-corrected chi connectivity index (χ2v) is 7.65. The normalized spacial score (nSPS) is 18.3. The first kappa shape index (κ1) is 19.8. The molecule has 1 N–H and O–H groups in total. The molecule has 0 aliphatic carbocycles. The number of ether oxygens (including phenoxy) is 2.